The Hall–Kier alpha value is -2.01. The van der Waals surface area contributed by atoms with Crippen LogP contribution in [0.5, 0.6) is 0 Å². The molecule has 1 aliphatic carbocycles. The lowest BCUT2D eigenvalue weighted by Gasteiger charge is -2.26. The molecule has 1 heterocycles. The van der Waals surface area contributed by atoms with Gasteiger partial charge in [-0.15, -0.1) is 0 Å². The van der Waals surface area contributed by atoms with E-state index in [9.17, 15) is 0 Å². The number of aromatic nitrogens is 1. The molecule has 2 heteroatoms. The van der Waals surface area contributed by atoms with Gasteiger partial charge in [0.25, 0.3) is 0 Å². The molecule has 1 aliphatic rings. The maximum Gasteiger partial charge on any atom is 0.0991 e. The van der Waals surface area contributed by atoms with Gasteiger partial charge in [-0.25, -0.2) is 0 Å². The van der Waals surface area contributed by atoms with Crippen LogP contribution in [-0.2, 0) is 6.42 Å². The van der Waals surface area contributed by atoms with Gasteiger partial charge in [-0.3, -0.25) is 0 Å². The average molecular weight is 250 g/mol. The SMILES string of the molecule is Cc1ccc(CC2CCC2)n1-c1ccc(C#N)cc1. The fourth-order valence-corrected chi connectivity index (χ4v) is 2.80. The molecule has 2 nitrogen and oxygen atoms in total. The number of benzene rings is 1. The zero-order valence-electron chi connectivity index (χ0n) is 11.3. The van der Waals surface area contributed by atoms with Crippen LogP contribution in [0.15, 0.2) is 36.4 Å². The molecule has 19 heavy (non-hydrogen) atoms. The molecule has 0 aliphatic heterocycles. The molecule has 1 aromatic heterocycles. The standard InChI is InChI=1S/C17H18N2/c1-13-5-8-17(11-14-3-2-4-14)19(13)16-9-6-15(12-18)7-10-16/h5-10,14H,2-4,11H2,1H3. The highest BCUT2D eigenvalue weighted by molar-refractivity contribution is 5.42. The molecule has 2 aromatic rings. The third kappa shape index (κ3) is 2.29. The zero-order chi connectivity index (χ0) is 13.2. The van der Waals surface area contributed by atoms with Crippen LogP contribution in [-0.4, -0.2) is 4.57 Å². The van der Waals surface area contributed by atoms with Crippen LogP contribution in [0.3, 0.4) is 0 Å². The second-order valence-electron chi connectivity index (χ2n) is 5.46. The molecule has 1 fully saturated rings. The van der Waals surface area contributed by atoms with Crippen molar-refractivity contribution in [2.75, 3.05) is 0 Å². The van der Waals surface area contributed by atoms with E-state index >= 15 is 0 Å². The summed E-state index contributed by atoms with van der Waals surface area (Å²) < 4.78 is 2.32. The van der Waals surface area contributed by atoms with Crippen molar-refractivity contribution in [3.05, 3.63) is 53.3 Å². The van der Waals surface area contributed by atoms with Crippen LogP contribution in [0.1, 0.15) is 36.2 Å². The Labute approximate surface area is 114 Å². The molecule has 0 saturated heterocycles. The number of hydrogen-bond donors (Lipinski definition) is 0. The first-order valence-corrected chi connectivity index (χ1v) is 6.95. The van der Waals surface area contributed by atoms with Gasteiger partial charge < -0.3 is 4.57 Å². The molecule has 0 N–H and O–H groups in total. The van der Waals surface area contributed by atoms with Gasteiger partial charge in [0.05, 0.1) is 11.6 Å². The largest absolute Gasteiger partial charge is 0.318 e. The molecule has 0 bridgehead atoms. The smallest absolute Gasteiger partial charge is 0.0991 e. The van der Waals surface area contributed by atoms with Gasteiger partial charge in [0, 0.05) is 17.1 Å². The van der Waals surface area contributed by atoms with E-state index in [1.54, 1.807) is 0 Å². The fourth-order valence-electron chi connectivity index (χ4n) is 2.80. The van der Waals surface area contributed by atoms with E-state index < -0.39 is 0 Å². The number of hydrogen-bond acceptors (Lipinski definition) is 1. The normalized spacial score (nSPS) is 14.9. The van der Waals surface area contributed by atoms with Crippen LogP contribution in [0.2, 0.25) is 0 Å². The Morgan fingerprint density at radius 3 is 2.47 bits per heavy atom. The number of nitrogens with zero attached hydrogens (tertiary/aromatic N) is 2. The molecule has 0 amide bonds. The van der Waals surface area contributed by atoms with Crippen LogP contribution >= 0.6 is 0 Å². The molecule has 0 atom stereocenters. The molecule has 1 aromatic carbocycles. The summed E-state index contributed by atoms with van der Waals surface area (Å²) in [5.74, 6) is 0.867. The summed E-state index contributed by atoms with van der Waals surface area (Å²) in [7, 11) is 0. The lowest BCUT2D eigenvalue weighted by Crippen LogP contribution is -2.16. The van der Waals surface area contributed by atoms with Crippen molar-refractivity contribution in [1.29, 1.82) is 5.26 Å². The van der Waals surface area contributed by atoms with Crippen LogP contribution in [0.25, 0.3) is 5.69 Å². The first kappa shape index (κ1) is 12.0. The molecular weight excluding hydrogens is 232 g/mol. The minimum Gasteiger partial charge on any atom is -0.318 e. The summed E-state index contributed by atoms with van der Waals surface area (Å²) in [6.07, 6.45) is 5.31. The van der Waals surface area contributed by atoms with Crippen molar-refractivity contribution in [2.45, 2.75) is 32.6 Å². The van der Waals surface area contributed by atoms with E-state index in [4.69, 9.17) is 5.26 Å². The Bertz CT molecular complexity index is 610. The highest BCUT2D eigenvalue weighted by Gasteiger charge is 2.20. The zero-order valence-corrected chi connectivity index (χ0v) is 11.3. The van der Waals surface area contributed by atoms with Crippen LogP contribution in [0.4, 0.5) is 0 Å². The maximum atomic E-state index is 8.87. The second-order valence-corrected chi connectivity index (χ2v) is 5.46. The minimum absolute atomic E-state index is 0.717. The van der Waals surface area contributed by atoms with Crippen molar-refractivity contribution in [3.8, 4) is 11.8 Å². The topological polar surface area (TPSA) is 28.7 Å². The van der Waals surface area contributed by atoms with Gasteiger partial charge in [0.15, 0.2) is 0 Å². The Morgan fingerprint density at radius 1 is 1.16 bits per heavy atom. The quantitative estimate of drug-likeness (QED) is 0.809. The second kappa shape index (κ2) is 4.93. The fraction of sp³-hybridized carbons (Fsp3) is 0.353. The van der Waals surface area contributed by atoms with E-state index in [-0.39, 0.29) is 0 Å². The molecule has 0 radical (unpaired) electrons. The summed E-state index contributed by atoms with van der Waals surface area (Å²) >= 11 is 0. The summed E-state index contributed by atoms with van der Waals surface area (Å²) in [6, 6.07) is 14.5. The van der Waals surface area contributed by atoms with Crippen molar-refractivity contribution < 1.29 is 0 Å². The number of nitriles is 1. The van der Waals surface area contributed by atoms with E-state index in [0.29, 0.717) is 5.56 Å². The van der Waals surface area contributed by atoms with Gasteiger partial charge in [-0.1, -0.05) is 19.3 Å². The molecular formula is C17H18N2. The van der Waals surface area contributed by atoms with Crippen molar-refractivity contribution in [3.63, 3.8) is 0 Å². The Balaban J connectivity index is 1.93. The minimum atomic E-state index is 0.717. The van der Waals surface area contributed by atoms with Gasteiger partial charge in [-0.2, -0.15) is 5.26 Å². The van der Waals surface area contributed by atoms with E-state index in [1.165, 1.54) is 37.1 Å². The summed E-state index contributed by atoms with van der Waals surface area (Å²) in [6.45, 7) is 2.14. The summed E-state index contributed by atoms with van der Waals surface area (Å²) in [5.41, 5.74) is 4.54. The van der Waals surface area contributed by atoms with Gasteiger partial charge in [0.2, 0.25) is 0 Å². The summed E-state index contributed by atoms with van der Waals surface area (Å²) in [5, 5.41) is 8.87. The lowest BCUT2D eigenvalue weighted by molar-refractivity contribution is 0.311. The monoisotopic (exact) mass is 250 g/mol. The van der Waals surface area contributed by atoms with E-state index in [1.807, 2.05) is 24.3 Å². The molecule has 96 valence electrons. The predicted octanol–water partition coefficient (Wildman–Crippen LogP) is 4.00. The highest BCUT2D eigenvalue weighted by Crippen LogP contribution is 2.31. The third-order valence-electron chi connectivity index (χ3n) is 4.13. The van der Waals surface area contributed by atoms with Crippen molar-refractivity contribution >= 4 is 0 Å². The third-order valence-corrected chi connectivity index (χ3v) is 4.13. The Morgan fingerprint density at radius 2 is 1.89 bits per heavy atom. The first-order valence-electron chi connectivity index (χ1n) is 6.95. The molecule has 0 spiro atoms. The van der Waals surface area contributed by atoms with E-state index in [0.717, 1.165) is 11.6 Å². The number of aryl methyl sites for hydroxylation is 1. The Kier molecular flexibility index (Phi) is 3.13. The highest BCUT2D eigenvalue weighted by atomic mass is 15.0. The van der Waals surface area contributed by atoms with Crippen molar-refractivity contribution in [2.24, 2.45) is 5.92 Å². The average Bonchev–Trinajstić information content (AvgIpc) is 2.75. The lowest BCUT2D eigenvalue weighted by atomic mass is 9.82. The predicted molar refractivity (Wildman–Crippen MR) is 76.3 cm³/mol. The maximum absolute atomic E-state index is 8.87. The van der Waals surface area contributed by atoms with Crippen LogP contribution in [0, 0.1) is 24.2 Å². The first-order chi connectivity index (χ1) is 9.28. The molecule has 0 unspecified atom stereocenters. The number of rotatable bonds is 3. The summed E-state index contributed by atoms with van der Waals surface area (Å²) in [4.78, 5) is 0. The van der Waals surface area contributed by atoms with Gasteiger partial charge >= 0.3 is 0 Å². The van der Waals surface area contributed by atoms with Gasteiger partial charge in [-0.05, 0) is 55.7 Å². The van der Waals surface area contributed by atoms with Gasteiger partial charge in [0.1, 0.15) is 0 Å². The van der Waals surface area contributed by atoms with Crippen LogP contribution < -0.4 is 0 Å². The van der Waals surface area contributed by atoms with E-state index in [2.05, 4.69) is 29.7 Å². The van der Waals surface area contributed by atoms with Crippen molar-refractivity contribution in [1.82, 2.24) is 4.57 Å². The molecule has 3 rings (SSSR count). The molecule has 1 saturated carbocycles.